The Morgan fingerprint density at radius 2 is 1.89 bits per heavy atom. The zero-order valence-electron chi connectivity index (χ0n) is 10.2. The molecule has 2 aromatic carbocycles. The van der Waals surface area contributed by atoms with Crippen LogP contribution in [0.4, 0.5) is 20.2 Å². The molecule has 0 atom stereocenters. The summed E-state index contributed by atoms with van der Waals surface area (Å²) in [5.74, 6) is -1.45. The highest BCUT2D eigenvalue weighted by atomic mass is 19.1. The highest BCUT2D eigenvalue weighted by Crippen LogP contribution is 2.20. The maximum Gasteiger partial charge on any atom is 0.255 e. The third kappa shape index (κ3) is 2.88. The number of hydrogen-bond donors (Lipinski definition) is 2. The van der Waals surface area contributed by atoms with E-state index in [0.717, 1.165) is 12.1 Å². The van der Waals surface area contributed by atoms with Gasteiger partial charge in [-0.05, 0) is 42.8 Å². The van der Waals surface area contributed by atoms with Crippen molar-refractivity contribution in [3.05, 3.63) is 59.2 Å². The lowest BCUT2D eigenvalue weighted by Gasteiger charge is -2.08. The first-order valence-corrected chi connectivity index (χ1v) is 5.60. The van der Waals surface area contributed by atoms with Crippen LogP contribution in [0.15, 0.2) is 36.4 Å². The van der Waals surface area contributed by atoms with Gasteiger partial charge >= 0.3 is 0 Å². The van der Waals surface area contributed by atoms with Crippen molar-refractivity contribution in [2.75, 3.05) is 11.1 Å². The van der Waals surface area contributed by atoms with Crippen molar-refractivity contribution in [3.8, 4) is 0 Å². The second kappa shape index (κ2) is 5.06. The summed E-state index contributed by atoms with van der Waals surface area (Å²) < 4.78 is 26.2. The summed E-state index contributed by atoms with van der Waals surface area (Å²) in [6.07, 6.45) is 0. The van der Waals surface area contributed by atoms with Crippen LogP contribution in [0.2, 0.25) is 0 Å². The molecule has 2 aromatic rings. The van der Waals surface area contributed by atoms with Crippen molar-refractivity contribution in [2.45, 2.75) is 6.92 Å². The number of amides is 1. The molecular weight excluding hydrogens is 250 g/mol. The SMILES string of the molecule is Cc1ccc(C(=O)Nc2ccc(F)cc2N)cc1F. The number of halogens is 2. The molecule has 0 spiro atoms. The van der Waals surface area contributed by atoms with Crippen LogP contribution in [0, 0.1) is 18.6 Å². The number of nitrogen functional groups attached to an aromatic ring is 1. The molecule has 0 radical (unpaired) electrons. The molecule has 3 nitrogen and oxygen atoms in total. The summed E-state index contributed by atoms with van der Waals surface area (Å²) in [4.78, 5) is 11.9. The fourth-order valence-electron chi connectivity index (χ4n) is 1.58. The summed E-state index contributed by atoms with van der Waals surface area (Å²) in [7, 11) is 0. The van der Waals surface area contributed by atoms with Crippen LogP contribution >= 0.6 is 0 Å². The van der Waals surface area contributed by atoms with Crippen LogP contribution in [0.1, 0.15) is 15.9 Å². The molecular formula is C14H12F2N2O. The van der Waals surface area contributed by atoms with E-state index >= 15 is 0 Å². The lowest BCUT2D eigenvalue weighted by molar-refractivity contribution is 0.102. The van der Waals surface area contributed by atoms with E-state index in [-0.39, 0.29) is 16.9 Å². The molecule has 0 saturated carbocycles. The monoisotopic (exact) mass is 262 g/mol. The Morgan fingerprint density at radius 3 is 2.53 bits per heavy atom. The molecule has 0 saturated heterocycles. The smallest absolute Gasteiger partial charge is 0.255 e. The molecule has 5 heteroatoms. The summed E-state index contributed by atoms with van der Waals surface area (Å²) >= 11 is 0. The highest BCUT2D eigenvalue weighted by molar-refractivity contribution is 6.05. The number of nitrogens with two attached hydrogens (primary N) is 1. The first-order valence-electron chi connectivity index (χ1n) is 5.60. The second-order valence-corrected chi connectivity index (χ2v) is 4.15. The minimum absolute atomic E-state index is 0.112. The van der Waals surface area contributed by atoms with Gasteiger partial charge in [-0.25, -0.2) is 8.78 Å². The molecule has 0 aromatic heterocycles. The summed E-state index contributed by atoms with van der Waals surface area (Å²) in [5, 5.41) is 2.50. The molecule has 3 N–H and O–H groups in total. The van der Waals surface area contributed by atoms with Crippen LogP contribution in [-0.4, -0.2) is 5.91 Å². The van der Waals surface area contributed by atoms with Crippen LogP contribution in [0.3, 0.4) is 0 Å². The number of aryl methyl sites for hydroxylation is 1. The summed E-state index contributed by atoms with van der Waals surface area (Å²) in [6, 6.07) is 7.80. The quantitative estimate of drug-likeness (QED) is 0.817. The summed E-state index contributed by atoms with van der Waals surface area (Å²) in [6.45, 7) is 1.61. The van der Waals surface area contributed by atoms with Crippen molar-refractivity contribution in [1.82, 2.24) is 0 Å². The standard InChI is InChI=1S/C14H12F2N2O/c1-8-2-3-9(6-11(8)16)14(19)18-13-5-4-10(15)7-12(13)17/h2-7H,17H2,1H3,(H,18,19). The Bertz CT molecular complexity index is 641. The van der Waals surface area contributed by atoms with Crippen LogP contribution < -0.4 is 11.1 Å². The lowest BCUT2D eigenvalue weighted by Crippen LogP contribution is -2.13. The predicted octanol–water partition coefficient (Wildman–Crippen LogP) is 3.11. The van der Waals surface area contributed by atoms with Crippen LogP contribution in [0.25, 0.3) is 0 Å². The van der Waals surface area contributed by atoms with E-state index in [1.807, 2.05) is 0 Å². The molecule has 1 amide bonds. The van der Waals surface area contributed by atoms with Gasteiger partial charge in [-0.15, -0.1) is 0 Å². The lowest BCUT2D eigenvalue weighted by atomic mass is 10.1. The Balaban J connectivity index is 2.23. The number of rotatable bonds is 2. The number of hydrogen-bond acceptors (Lipinski definition) is 2. The van der Waals surface area contributed by atoms with E-state index in [0.29, 0.717) is 5.56 Å². The molecule has 0 aliphatic carbocycles. The fraction of sp³-hybridized carbons (Fsp3) is 0.0714. The average Bonchev–Trinajstić information content (AvgIpc) is 2.36. The van der Waals surface area contributed by atoms with Crippen molar-refractivity contribution in [2.24, 2.45) is 0 Å². The van der Waals surface area contributed by atoms with Gasteiger partial charge < -0.3 is 11.1 Å². The predicted molar refractivity (Wildman–Crippen MR) is 69.9 cm³/mol. The Hall–Kier alpha value is -2.43. The van der Waals surface area contributed by atoms with Crippen molar-refractivity contribution in [3.63, 3.8) is 0 Å². The fourth-order valence-corrected chi connectivity index (χ4v) is 1.58. The first-order chi connectivity index (χ1) is 8.97. The topological polar surface area (TPSA) is 55.1 Å². The highest BCUT2D eigenvalue weighted by Gasteiger charge is 2.10. The molecule has 19 heavy (non-hydrogen) atoms. The van der Waals surface area contributed by atoms with Gasteiger partial charge in [0.2, 0.25) is 0 Å². The van der Waals surface area contributed by atoms with Crippen molar-refractivity contribution >= 4 is 17.3 Å². The van der Waals surface area contributed by atoms with Gasteiger partial charge in [0.05, 0.1) is 11.4 Å². The van der Waals surface area contributed by atoms with Crippen molar-refractivity contribution in [1.29, 1.82) is 0 Å². The van der Waals surface area contributed by atoms with Crippen LogP contribution in [0.5, 0.6) is 0 Å². The second-order valence-electron chi connectivity index (χ2n) is 4.15. The van der Waals surface area contributed by atoms with Crippen LogP contribution in [-0.2, 0) is 0 Å². The van der Waals surface area contributed by atoms with Gasteiger partial charge in [-0.2, -0.15) is 0 Å². The van der Waals surface area contributed by atoms with Gasteiger partial charge in [0.15, 0.2) is 0 Å². The zero-order chi connectivity index (χ0) is 14.0. The van der Waals surface area contributed by atoms with E-state index in [2.05, 4.69) is 5.32 Å². The Kier molecular flexibility index (Phi) is 3.46. The molecule has 0 heterocycles. The normalized spacial score (nSPS) is 10.3. The van der Waals surface area contributed by atoms with Gasteiger partial charge in [0.25, 0.3) is 5.91 Å². The average molecular weight is 262 g/mol. The van der Waals surface area contributed by atoms with E-state index in [1.165, 1.54) is 24.3 Å². The van der Waals surface area contributed by atoms with E-state index < -0.39 is 17.5 Å². The number of benzene rings is 2. The number of carbonyl (C=O) groups is 1. The minimum atomic E-state index is -0.503. The molecule has 0 unspecified atom stereocenters. The molecule has 0 fully saturated rings. The third-order valence-electron chi connectivity index (χ3n) is 2.70. The molecule has 0 aliphatic rings. The largest absolute Gasteiger partial charge is 0.397 e. The first kappa shape index (κ1) is 13.0. The van der Waals surface area contributed by atoms with Gasteiger partial charge in [0.1, 0.15) is 11.6 Å². The van der Waals surface area contributed by atoms with E-state index in [9.17, 15) is 13.6 Å². The molecule has 0 bridgehead atoms. The maximum atomic E-state index is 13.4. The molecule has 2 rings (SSSR count). The van der Waals surface area contributed by atoms with Crippen molar-refractivity contribution < 1.29 is 13.6 Å². The molecule has 0 aliphatic heterocycles. The van der Waals surface area contributed by atoms with E-state index in [4.69, 9.17) is 5.73 Å². The summed E-state index contributed by atoms with van der Waals surface area (Å²) in [5.41, 5.74) is 6.60. The Morgan fingerprint density at radius 1 is 1.16 bits per heavy atom. The Labute approximate surface area is 109 Å². The maximum absolute atomic E-state index is 13.4. The van der Waals surface area contributed by atoms with E-state index in [1.54, 1.807) is 6.92 Å². The van der Waals surface area contributed by atoms with Gasteiger partial charge in [-0.1, -0.05) is 6.07 Å². The third-order valence-corrected chi connectivity index (χ3v) is 2.70. The minimum Gasteiger partial charge on any atom is -0.397 e. The van der Waals surface area contributed by atoms with Gasteiger partial charge in [-0.3, -0.25) is 4.79 Å². The van der Waals surface area contributed by atoms with Gasteiger partial charge in [0, 0.05) is 5.56 Å². The number of anilines is 2. The number of nitrogens with one attached hydrogen (secondary N) is 1. The number of carbonyl (C=O) groups excluding carboxylic acids is 1. The zero-order valence-corrected chi connectivity index (χ0v) is 10.2. The molecule has 98 valence electrons.